The largest absolute Gasteiger partial charge is 0.361 e. The second kappa shape index (κ2) is 5.30. The molecular weight excluding hydrogens is 288 g/mol. The third-order valence-electron chi connectivity index (χ3n) is 4.27. The molecule has 114 valence electrons. The minimum atomic E-state index is -0.479. The first-order valence-corrected chi connectivity index (χ1v) is 7.42. The van der Waals surface area contributed by atoms with E-state index in [0.29, 0.717) is 0 Å². The van der Waals surface area contributed by atoms with Gasteiger partial charge in [0.25, 0.3) is 0 Å². The first-order chi connectivity index (χ1) is 11.3. The fourth-order valence-corrected chi connectivity index (χ4v) is 3.20. The zero-order valence-corrected chi connectivity index (χ0v) is 12.3. The van der Waals surface area contributed by atoms with Crippen molar-refractivity contribution in [3.8, 4) is 0 Å². The van der Waals surface area contributed by atoms with E-state index in [0.717, 1.165) is 32.9 Å². The van der Waals surface area contributed by atoms with Crippen LogP contribution in [0.4, 0.5) is 0 Å². The predicted molar refractivity (Wildman–Crippen MR) is 90.8 cm³/mol. The number of carbonyl (C=O) groups is 1. The van der Waals surface area contributed by atoms with Crippen molar-refractivity contribution in [1.82, 2.24) is 15.4 Å². The molecule has 2 aromatic heterocycles. The molecule has 5 nitrogen and oxygen atoms in total. The molecule has 0 fully saturated rings. The van der Waals surface area contributed by atoms with E-state index < -0.39 is 5.92 Å². The van der Waals surface area contributed by atoms with E-state index in [1.165, 1.54) is 0 Å². The molecule has 0 radical (unpaired) electrons. The Morgan fingerprint density at radius 2 is 1.35 bits per heavy atom. The maximum absolute atomic E-state index is 12.5. The van der Waals surface area contributed by atoms with Gasteiger partial charge in [-0.05, 0) is 23.3 Å². The van der Waals surface area contributed by atoms with Crippen LogP contribution in [0.2, 0.25) is 0 Å². The second-order valence-electron chi connectivity index (χ2n) is 5.52. The summed E-state index contributed by atoms with van der Waals surface area (Å²) in [5.41, 5.74) is 6.12. The fourth-order valence-electron chi connectivity index (χ4n) is 3.20. The Balaban J connectivity index is 1.97. The highest BCUT2D eigenvalue weighted by Crippen LogP contribution is 2.34. The van der Waals surface area contributed by atoms with Crippen molar-refractivity contribution >= 4 is 27.7 Å². The number of rotatable bonds is 3. The molecule has 0 aliphatic heterocycles. The van der Waals surface area contributed by atoms with Gasteiger partial charge in [-0.15, -0.1) is 0 Å². The van der Waals surface area contributed by atoms with E-state index in [1.807, 2.05) is 60.9 Å². The lowest BCUT2D eigenvalue weighted by Gasteiger charge is -2.14. The summed E-state index contributed by atoms with van der Waals surface area (Å²) in [5, 5.41) is 2.04. The van der Waals surface area contributed by atoms with Gasteiger partial charge in [0, 0.05) is 34.2 Å². The summed E-state index contributed by atoms with van der Waals surface area (Å²) in [6.45, 7) is 0. The highest BCUT2D eigenvalue weighted by atomic mass is 16.2. The van der Waals surface area contributed by atoms with Gasteiger partial charge < -0.3 is 9.97 Å². The summed E-state index contributed by atoms with van der Waals surface area (Å²) in [6, 6.07) is 15.9. The SMILES string of the molecule is NNC(=O)C(c1c[nH]c2ccccc12)c1c[nH]c2ccccc12. The second-order valence-corrected chi connectivity index (χ2v) is 5.52. The van der Waals surface area contributed by atoms with Crippen LogP contribution in [0.5, 0.6) is 0 Å². The molecule has 0 aliphatic carbocycles. The summed E-state index contributed by atoms with van der Waals surface area (Å²) in [5.74, 6) is 4.74. The fraction of sp³-hybridized carbons (Fsp3) is 0.0556. The zero-order chi connectivity index (χ0) is 15.8. The van der Waals surface area contributed by atoms with Crippen molar-refractivity contribution in [2.24, 2.45) is 5.84 Å². The monoisotopic (exact) mass is 304 g/mol. The maximum Gasteiger partial charge on any atom is 0.246 e. The summed E-state index contributed by atoms with van der Waals surface area (Å²) in [6.07, 6.45) is 3.76. The molecule has 0 aliphatic rings. The Bertz CT molecular complexity index is 924. The van der Waals surface area contributed by atoms with Gasteiger partial charge in [0.1, 0.15) is 0 Å². The number of aromatic nitrogens is 2. The normalized spacial score (nSPS) is 11.4. The van der Waals surface area contributed by atoms with Crippen molar-refractivity contribution in [2.75, 3.05) is 0 Å². The smallest absolute Gasteiger partial charge is 0.246 e. The number of aromatic amines is 2. The number of hydrogen-bond acceptors (Lipinski definition) is 2. The number of hydrazine groups is 1. The van der Waals surface area contributed by atoms with Crippen molar-refractivity contribution in [3.05, 3.63) is 72.1 Å². The predicted octanol–water partition coefficient (Wildman–Crippen LogP) is 2.77. The summed E-state index contributed by atoms with van der Waals surface area (Å²) in [4.78, 5) is 19.0. The molecular formula is C18H16N4O. The molecule has 5 heteroatoms. The minimum Gasteiger partial charge on any atom is -0.361 e. The lowest BCUT2D eigenvalue weighted by atomic mass is 9.90. The lowest BCUT2D eigenvalue weighted by molar-refractivity contribution is -0.121. The number of H-pyrrole nitrogens is 2. The third-order valence-corrected chi connectivity index (χ3v) is 4.27. The standard InChI is InChI=1S/C18H16N4O/c19-22-18(23)17(13-9-20-15-7-3-1-5-11(13)15)14-10-21-16-8-4-2-6-12(14)16/h1-10,17,20-21H,19H2,(H,22,23). The molecule has 2 aromatic carbocycles. The first kappa shape index (κ1) is 13.6. The van der Waals surface area contributed by atoms with Gasteiger partial charge in [-0.1, -0.05) is 36.4 Å². The topological polar surface area (TPSA) is 86.7 Å². The Kier molecular flexibility index (Phi) is 3.13. The summed E-state index contributed by atoms with van der Waals surface area (Å²) >= 11 is 0. The summed E-state index contributed by atoms with van der Waals surface area (Å²) in [7, 11) is 0. The number of carbonyl (C=O) groups excluding carboxylic acids is 1. The van der Waals surface area contributed by atoms with E-state index in [4.69, 9.17) is 5.84 Å². The number of benzene rings is 2. The Labute approximate surface area is 132 Å². The van der Waals surface area contributed by atoms with Gasteiger partial charge in [-0.2, -0.15) is 0 Å². The third kappa shape index (κ3) is 2.10. The minimum absolute atomic E-state index is 0.237. The van der Waals surface area contributed by atoms with Gasteiger partial charge in [-0.3, -0.25) is 10.2 Å². The van der Waals surface area contributed by atoms with Gasteiger partial charge in [0.2, 0.25) is 5.91 Å². The maximum atomic E-state index is 12.5. The van der Waals surface area contributed by atoms with E-state index in [9.17, 15) is 4.79 Å². The number of amides is 1. The van der Waals surface area contributed by atoms with Crippen molar-refractivity contribution in [3.63, 3.8) is 0 Å². The molecule has 0 atom stereocenters. The average Bonchev–Trinajstić information content (AvgIpc) is 3.20. The average molecular weight is 304 g/mol. The Hall–Kier alpha value is -3.05. The van der Waals surface area contributed by atoms with Crippen LogP contribution in [0.15, 0.2) is 60.9 Å². The van der Waals surface area contributed by atoms with E-state index >= 15 is 0 Å². The number of fused-ring (bicyclic) bond motifs is 2. The Morgan fingerprint density at radius 1 is 0.870 bits per heavy atom. The number of nitrogens with two attached hydrogens (primary N) is 1. The molecule has 2 heterocycles. The van der Waals surface area contributed by atoms with Gasteiger partial charge in [0.05, 0.1) is 5.92 Å². The van der Waals surface area contributed by atoms with Crippen LogP contribution in [0, 0.1) is 0 Å². The van der Waals surface area contributed by atoms with Crippen molar-refractivity contribution in [2.45, 2.75) is 5.92 Å². The lowest BCUT2D eigenvalue weighted by Crippen LogP contribution is -2.35. The van der Waals surface area contributed by atoms with Gasteiger partial charge in [0.15, 0.2) is 0 Å². The molecule has 0 unspecified atom stereocenters. The number of hydrogen-bond donors (Lipinski definition) is 4. The molecule has 0 bridgehead atoms. The molecule has 0 saturated heterocycles. The molecule has 23 heavy (non-hydrogen) atoms. The molecule has 4 rings (SSSR count). The summed E-state index contributed by atoms with van der Waals surface area (Å²) < 4.78 is 0. The highest BCUT2D eigenvalue weighted by molar-refractivity contribution is 5.98. The number of nitrogens with one attached hydrogen (secondary N) is 3. The van der Waals surface area contributed by atoms with Gasteiger partial charge in [-0.25, -0.2) is 5.84 Å². The molecule has 0 saturated carbocycles. The van der Waals surface area contributed by atoms with Crippen LogP contribution in [-0.4, -0.2) is 15.9 Å². The Morgan fingerprint density at radius 3 is 1.83 bits per heavy atom. The molecule has 0 spiro atoms. The van der Waals surface area contributed by atoms with E-state index in [1.54, 1.807) is 0 Å². The first-order valence-electron chi connectivity index (χ1n) is 7.42. The highest BCUT2D eigenvalue weighted by Gasteiger charge is 2.27. The zero-order valence-electron chi connectivity index (χ0n) is 12.3. The molecule has 5 N–H and O–H groups in total. The van der Waals surface area contributed by atoms with Crippen molar-refractivity contribution in [1.29, 1.82) is 0 Å². The van der Waals surface area contributed by atoms with E-state index in [2.05, 4.69) is 15.4 Å². The van der Waals surface area contributed by atoms with Crippen LogP contribution < -0.4 is 11.3 Å². The van der Waals surface area contributed by atoms with E-state index in [-0.39, 0.29) is 5.91 Å². The van der Waals surface area contributed by atoms with Crippen LogP contribution in [-0.2, 0) is 4.79 Å². The van der Waals surface area contributed by atoms with Crippen molar-refractivity contribution < 1.29 is 4.79 Å². The van der Waals surface area contributed by atoms with Gasteiger partial charge >= 0.3 is 0 Å². The van der Waals surface area contributed by atoms with Crippen LogP contribution in [0.25, 0.3) is 21.8 Å². The number of para-hydroxylation sites is 2. The quantitative estimate of drug-likeness (QED) is 0.266. The van der Waals surface area contributed by atoms with Crippen LogP contribution in [0.1, 0.15) is 17.0 Å². The van der Waals surface area contributed by atoms with Crippen LogP contribution in [0.3, 0.4) is 0 Å². The molecule has 4 aromatic rings. The van der Waals surface area contributed by atoms with Crippen LogP contribution >= 0.6 is 0 Å². The molecule has 1 amide bonds.